The van der Waals surface area contributed by atoms with Gasteiger partial charge < -0.3 is 24.8 Å². The van der Waals surface area contributed by atoms with Gasteiger partial charge in [-0.3, -0.25) is 0 Å². The highest BCUT2D eigenvalue weighted by atomic mass is 16.7. The number of aliphatic hydroxyl groups is 3. The summed E-state index contributed by atoms with van der Waals surface area (Å²) in [7, 11) is 0. The summed E-state index contributed by atoms with van der Waals surface area (Å²) in [6, 6.07) is 0. The van der Waals surface area contributed by atoms with Gasteiger partial charge in [-0.15, -0.1) is 0 Å². The molecule has 0 bridgehead atoms. The molecule has 4 atom stereocenters. The minimum Gasteiger partial charge on any atom is -0.396 e. The van der Waals surface area contributed by atoms with Crippen LogP contribution in [0, 0.1) is 0 Å². The second-order valence-electron chi connectivity index (χ2n) is 4.26. The highest BCUT2D eigenvalue weighted by molar-refractivity contribution is 4.94. The third-order valence-electron chi connectivity index (χ3n) is 3.15. The van der Waals surface area contributed by atoms with Crippen LogP contribution in [0.3, 0.4) is 0 Å². The Morgan fingerprint density at radius 1 is 1.33 bits per heavy atom. The van der Waals surface area contributed by atoms with Crippen molar-refractivity contribution in [3.8, 4) is 0 Å². The van der Waals surface area contributed by atoms with E-state index < -0.39 is 18.0 Å². The molecule has 2 fully saturated rings. The summed E-state index contributed by atoms with van der Waals surface area (Å²) in [5, 5.41) is 28.4. The smallest absolute Gasteiger partial charge is 0.197 e. The van der Waals surface area contributed by atoms with E-state index in [0.29, 0.717) is 25.9 Å². The lowest BCUT2D eigenvalue weighted by molar-refractivity contribution is -0.324. The lowest BCUT2D eigenvalue weighted by Crippen LogP contribution is -2.57. The van der Waals surface area contributed by atoms with E-state index in [0.717, 1.165) is 6.42 Å². The first-order valence-corrected chi connectivity index (χ1v) is 5.47. The predicted octanol–water partition coefficient (Wildman–Crippen LogP) is -0.614. The first kappa shape index (κ1) is 11.3. The van der Waals surface area contributed by atoms with Crippen molar-refractivity contribution in [1.29, 1.82) is 0 Å². The molecule has 88 valence electrons. The number of hydrogen-bond acceptors (Lipinski definition) is 5. The molecule has 0 radical (unpaired) electrons. The van der Waals surface area contributed by atoms with Crippen LogP contribution in [0.15, 0.2) is 0 Å². The number of aliphatic hydroxyl groups excluding tert-OH is 3. The summed E-state index contributed by atoms with van der Waals surface area (Å²) in [5.41, 5.74) is 0. The van der Waals surface area contributed by atoms with Crippen LogP contribution in [0.5, 0.6) is 0 Å². The third-order valence-corrected chi connectivity index (χ3v) is 3.15. The molecule has 2 aliphatic heterocycles. The Kier molecular flexibility index (Phi) is 3.27. The highest BCUT2D eigenvalue weighted by Crippen LogP contribution is 2.38. The molecule has 0 amide bonds. The zero-order chi connectivity index (χ0) is 10.9. The van der Waals surface area contributed by atoms with Crippen LogP contribution in [0.1, 0.15) is 25.7 Å². The molecule has 2 saturated heterocycles. The Labute approximate surface area is 88.6 Å². The van der Waals surface area contributed by atoms with Crippen molar-refractivity contribution < 1.29 is 24.8 Å². The molecule has 5 nitrogen and oxygen atoms in total. The van der Waals surface area contributed by atoms with Gasteiger partial charge in [0.1, 0.15) is 6.10 Å². The molecule has 2 heterocycles. The lowest BCUT2D eigenvalue weighted by atomic mass is 9.92. The Bertz CT molecular complexity index is 214. The largest absolute Gasteiger partial charge is 0.396 e. The first-order valence-electron chi connectivity index (χ1n) is 5.47. The fourth-order valence-electron chi connectivity index (χ4n) is 2.37. The van der Waals surface area contributed by atoms with Gasteiger partial charge in [-0.1, -0.05) is 0 Å². The summed E-state index contributed by atoms with van der Waals surface area (Å²) < 4.78 is 11.1. The maximum atomic E-state index is 9.85. The third kappa shape index (κ3) is 2.03. The summed E-state index contributed by atoms with van der Waals surface area (Å²) in [6.45, 7) is 0.569. The molecular weight excluding hydrogens is 200 g/mol. The van der Waals surface area contributed by atoms with Crippen molar-refractivity contribution in [2.45, 2.75) is 49.8 Å². The summed E-state index contributed by atoms with van der Waals surface area (Å²) >= 11 is 0. The van der Waals surface area contributed by atoms with Crippen molar-refractivity contribution in [3.63, 3.8) is 0 Å². The van der Waals surface area contributed by atoms with Gasteiger partial charge in [0.25, 0.3) is 0 Å². The van der Waals surface area contributed by atoms with Crippen LogP contribution in [0.4, 0.5) is 0 Å². The summed E-state index contributed by atoms with van der Waals surface area (Å²) in [6.07, 6.45) is 0.222. The van der Waals surface area contributed by atoms with Gasteiger partial charge in [-0.05, 0) is 12.8 Å². The lowest BCUT2D eigenvalue weighted by Gasteiger charge is -2.43. The van der Waals surface area contributed by atoms with Crippen LogP contribution in [-0.4, -0.2) is 52.6 Å². The van der Waals surface area contributed by atoms with Crippen LogP contribution in [0.25, 0.3) is 0 Å². The molecule has 15 heavy (non-hydrogen) atoms. The van der Waals surface area contributed by atoms with E-state index in [1.165, 1.54) is 0 Å². The highest BCUT2D eigenvalue weighted by Gasteiger charge is 2.51. The molecule has 2 rings (SSSR count). The Morgan fingerprint density at radius 2 is 2.13 bits per heavy atom. The average Bonchev–Trinajstić information content (AvgIpc) is 2.64. The van der Waals surface area contributed by atoms with Gasteiger partial charge in [0.05, 0.1) is 18.8 Å². The van der Waals surface area contributed by atoms with Gasteiger partial charge in [0.2, 0.25) is 0 Å². The Hall–Kier alpha value is -0.200. The molecule has 0 aliphatic carbocycles. The molecule has 0 aromatic heterocycles. The molecular formula is C10H18O5. The van der Waals surface area contributed by atoms with Gasteiger partial charge in [-0.25, -0.2) is 0 Å². The minimum absolute atomic E-state index is 0.0174. The van der Waals surface area contributed by atoms with E-state index in [2.05, 4.69) is 0 Å². The van der Waals surface area contributed by atoms with E-state index in [9.17, 15) is 10.2 Å². The van der Waals surface area contributed by atoms with Crippen molar-refractivity contribution >= 4 is 0 Å². The van der Waals surface area contributed by atoms with Crippen LogP contribution >= 0.6 is 0 Å². The monoisotopic (exact) mass is 218 g/mol. The molecule has 5 heteroatoms. The van der Waals surface area contributed by atoms with E-state index in [1.807, 2.05) is 0 Å². The van der Waals surface area contributed by atoms with Gasteiger partial charge in [0, 0.05) is 19.4 Å². The predicted molar refractivity (Wildman–Crippen MR) is 51.1 cm³/mol. The molecule has 0 saturated carbocycles. The van der Waals surface area contributed by atoms with Crippen molar-refractivity contribution in [2.75, 3.05) is 13.2 Å². The fraction of sp³-hybridized carbons (Fsp3) is 1.00. The minimum atomic E-state index is -1.03. The molecule has 0 unspecified atom stereocenters. The Morgan fingerprint density at radius 3 is 2.73 bits per heavy atom. The first-order chi connectivity index (χ1) is 7.18. The maximum absolute atomic E-state index is 9.85. The normalized spacial score (nSPS) is 46.2. The maximum Gasteiger partial charge on any atom is 0.197 e. The van der Waals surface area contributed by atoms with E-state index in [4.69, 9.17) is 14.6 Å². The van der Waals surface area contributed by atoms with Gasteiger partial charge >= 0.3 is 0 Å². The summed E-state index contributed by atoms with van der Waals surface area (Å²) in [4.78, 5) is 0. The number of hydrogen-bond donors (Lipinski definition) is 3. The average molecular weight is 218 g/mol. The quantitative estimate of drug-likeness (QED) is 0.576. The second-order valence-corrected chi connectivity index (χ2v) is 4.26. The zero-order valence-electron chi connectivity index (χ0n) is 8.63. The van der Waals surface area contributed by atoms with Crippen LogP contribution < -0.4 is 0 Å². The molecule has 0 aromatic rings. The molecule has 3 N–H and O–H groups in total. The Balaban J connectivity index is 2.07. The van der Waals surface area contributed by atoms with E-state index >= 15 is 0 Å². The van der Waals surface area contributed by atoms with E-state index in [1.54, 1.807) is 0 Å². The number of rotatable bonds is 2. The zero-order valence-corrected chi connectivity index (χ0v) is 8.63. The van der Waals surface area contributed by atoms with Crippen LogP contribution in [-0.2, 0) is 9.47 Å². The second kappa shape index (κ2) is 4.35. The van der Waals surface area contributed by atoms with Crippen molar-refractivity contribution in [3.05, 3.63) is 0 Å². The van der Waals surface area contributed by atoms with Crippen molar-refractivity contribution in [1.82, 2.24) is 0 Å². The fourth-order valence-corrected chi connectivity index (χ4v) is 2.37. The molecule has 1 spiro atoms. The number of ether oxygens (including phenoxy) is 2. The van der Waals surface area contributed by atoms with E-state index in [-0.39, 0.29) is 12.7 Å². The topological polar surface area (TPSA) is 79.2 Å². The van der Waals surface area contributed by atoms with Crippen molar-refractivity contribution in [2.24, 2.45) is 0 Å². The molecule has 2 aliphatic rings. The SMILES string of the molecule is OCC[C@H]1C[C@@H](O)[C@H](O)[C@@]2(CCCO2)O1. The molecule has 0 aromatic carbocycles. The van der Waals surface area contributed by atoms with Gasteiger partial charge in [-0.2, -0.15) is 0 Å². The van der Waals surface area contributed by atoms with Crippen LogP contribution in [0.2, 0.25) is 0 Å². The summed E-state index contributed by atoms with van der Waals surface area (Å²) in [5.74, 6) is -1.03. The standard InChI is InChI=1S/C10H18O5/c11-4-2-7-6-8(12)9(13)10(15-7)3-1-5-14-10/h7-9,11-13H,1-6H2/t7-,8+,9-,10+/m0/s1. The van der Waals surface area contributed by atoms with Gasteiger partial charge in [0.15, 0.2) is 5.79 Å².